The van der Waals surface area contributed by atoms with Crippen molar-refractivity contribution in [3.63, 3.8) is 0 Å². The van der Waals surface area contributed by atoms with Gasteiger partial charge >= 0.3 is 0 Å². The molecule has 0 unspecified atom stereocenters. The highest BCUT2D eigenvalue weighted by atomic mass is 35.5. The fourth-order valence-electron chi connectivity index (χ4n) is 3.71. The minimum Gasteiger partial charge on any atom is -0.490 e. The molecule has 0 saturated carbocycles. The maximum atomic E-state index is 12.4. The van der Waals surface area contributed by atoms with Gasteiger partial charge < -0.3 is 19.5 Å². The van der Waals surface area contributed by atoms with Crippen LogP contribution >= 0.6 is 23.2 Å². The molecule has 1 fully saturated rings. The van der Waals surface area contributed by atoms with E-state index in [1.165, 1.54) is 0 Å². The summed E-state index contributed by atoms with van der Waals surface area (Å²) in [4.78, 5) is 14.8. The topological polar surface area (TPSA) is 46.5 Å². The van der Waals surface area contributed by atoms with Gasteiger partial charge in [0, 0.05) is 55.9 Å². The summed E-state index contributed by atoms with van der Waals surface area (Å²) in [6, 6.07) is 16.9. The van der Waals surface area contributed by atoms with Gasteiger partial charge in [0.15, 0.2) is 0 Å². The largest absolute Gasteiger partial charge is 0.490 e. The van der Waals surface area contributed by atoms with E-state index in [0.717, 1.165) is 43.9 Å². The molecule has 162 valence electrons. The van der Waals surface area contributed by atoms with E-state index >= 15 is 0 Å². The Balaban J connectivity index is 1.17. The number of amides is 1. The summed E-state index contributed by atoms with van der Waals surface area (Å²) in [6.07, 6.45) is 6.01. The van der Waals surface area contributed by atoms with Crippen molar-refractivity contribution in [2.45, 2.75) is 18.9 Å². The van der Waals surface area contributed by atoms with E-state index < -0.39 is 0 Å². The van der Waals surface area contributed by atoms with Crippen LogP contribution in [0.15, 0.2) is 67.0 Å². The molecule has 0 spiro atoms. The molecule has 1 aliphatic heterocycles. The van der Waals surface area contributed by atoms with Crippen LogP contribution in [-0.4, -0.2) is 47.7 Å². The molecule has 5 nitrogen and oxygen atoms in total. The second kappa shape index (κ2) is 10.2. The molecule has 4 rings (SSSR count). The Morgan fingerprint density at radius 2 is 1.71 bits per heavy atom. The van der Waals surface area contributed by atoms with Crippen LogP contribution in [-0.2, 0) is 0 Å². The number of rotatable bonds is 7. The first kappa shape index (κ1) is 21.8. The summed E-state index contributed by atoms with van der Waals surface area (Å²) in [5, 5.41) is 4.05. The maximum absolute atomic E-state index is 12.4. The van der Waals surface area contributed by atoms with E-state index in [0.29, 0.717) is 22.2 Å². The average molecular weight is 458 g/mol. The number of ether oxygens (including phenoxy) is 1. The highest BCUT2D eigenvalue weighted by molar-refractivity contribution is 6.42. The summed E-state index contributed by atoms with van der Waals surface area (Å²) in [6.45, 7) is 3.32. The number of piperidine rings is 1. The zero-order chi connectivity index (χ0) is 21.6. The van der Waals surface area contributed by atoms with Crippen LogP contribution in [0.2, 0.25) is 10.0 Å². The third-order valence-electron chi connectivity index (χ3n) is 5.47. The molecule has 1 saturated heterocycles. The van der Waals surface area contributed by atoms with Gasteiger partial charge in [0.1, 0.15) is 11.9 Å². The van der Waals surface area contributed by atoms with Crippen molar-refractivity contribution in [3.05, 3.63) is 82.6 Å². The molecule has 1 aliphatic rings. The van der Waals surface area contributed by atoms with Gasteiger partial charge in [-0.25, -0.2) is 0 Å². The first-order chi connectivity index (χ1) is 15.1. The minimum atomic E-state index is -0.0445. The van der Waals surface area contributed by atoms with Crippen molar-refractivity contribution in [2.75, 3.05) is 26.2 Å². The van der Waals surface area contributed by atoms with E-state index in [1.54, 1.807) is 12.1 Å². The molecule has 0 atom stereocenters. The number of halogens is 2. The molecule has 2 heterocycles. The van der Waals surface area contributed by atoms with E-state index in [2.05, 4.69) is 10.2 Å². The molecule has 0 aliphatic carbocycles. The standard InChI is InChI=1S/C24H25Cl2N3O2/c25-22-8-7-21(17-23(22)26)31-20-9-14-28(15-10-20)16-11-27-24(30)18-3-5-19(6-4-18)29-12-1-2-13-29/h1-8,12-13,17,20H,9-11,14-16H2,(H,27,30). The Morgan fingerprint density at radius 1 is 1.00 bits per heavy atom. The van der Waals surface area contributed by atoms with Gasteiger partial charge in [-0.1, -0.05) is 23.2 Å². The lowest BCUT2D eigenvalue weighted by Gasteiger charge is -2.32. The first-order valence-electron chi connectivity index (χ1n) is 10.4. The SMILES string of the molecule is O=C(NCCN1CCC(Oc2ccc(Cl)c(Cl)c2)CC1)c1ccc(-n2cccc2)cc1. The van der Waals surface area contributed by atoms with Crippen molar-refractivity contribution in [1.82, 2.24) is 14.8 Å². The minimum absolute atomic E-state index is 0.0445. The van der Waals surface area contributed by atoms with Gasteiger partial charge in [0.2, 0.25) is 0 Å². The number of hydrogen-bond donors (Lipinski definition) is 1. The van der Waals surface area contributed by atoms with Gasteiger partial charge in [-0.05, 0) is 61.4 Å². The normalized spacial score (nSPS) is 15.0. The number of likely N-dealkylation sites (tertiary alicyclic amines) is 1. The number of carbonyl (C=O) groups excluding carboxylic acids is 1. The Kier molecular flexibility index (Phi) is 7.17. The average Bonchev–Trinajstić information content (AvgIpc) is 3.33. The highest BCUT2D eigenvalue weighted by Crippen LogP contribution is 2.28. The molecule has 1 aromatic heterocycles. The Bertz CT molecular complexity index is 998. The van der Waals surface area contributed by atoms with Crippen LogP contribution in [0.1, 0.15) is 23.2 Å². The number of hydrogen-bond acceptors (Lipinski definition) is 3. The van der Waals surface area contributed by atoms with Crippen LogP contribution in [0.4, 0.5) is 0 Å². The molecule has 0 radical (unpaired) electrons. The number of benzene rings is 2. The molecule has 1 amide bonds. The molecule has 3 aromatic rings. The molecular formula is C24H25Cl2N3O2. The predicted octanol–water partition coefficient (Wildman–Crippen LogP) is 5.06. The van der Waals surface area contributed by atoms with Crippen molar-refractivity contribution in [3.8, 4) is 11.4 Å². The smallest absolute Gasteiger partial charge is 0.251 e. The number of nitrogens with zero attached hydrogens (tertiary/aromatic N) is 2. The zero-order valence-corrected chi connectivity index (χ0v) is 18.6. The molecule has 0 bridgehead atoms. The summed E-state index contributed by atoms with van der Waals surface area (Å²) >= 11 is 12.0. The summed E-state index contributed by atoms with van der Waals surface area (Å²) in [5.74, 6) is 0.708. The second-order valence-electron chi connectivity index (χ2n) is 7.63. The summed E-state index contributed by atoms with van der Waals surface area (Å²) in [5.41, 5.74) is 1.71. The summed E-state index contributed by atoms with van der Waals surface area (Å²) < 4.78 is 8.05. The third-order valence-corrected chi connectivity index (χ3v) is 6.21. The Morgan fingerprint density at radius 3 is 2.39 bits per heavy atom. The quantitative estimate of drug-likeness (QED) is 0.539. The highest BCUT2D eigenvalue weighted by Gasteiger charge is 2.20. The lowest BCUT2D eigenvalue weighted by atomic mass is 10.1. The zero-order valence-electron chi connectivity index (χ0n) is 17.1. The van der Waals surface area contributed by atoms with Gasteiger partial charge in [-0.2, -0.15) is 0 Å². The fraction of sp³-hybridized carbons (Fsp3) is 0.292. The van der Waals surface area contributed by atoms with Crippen LogP contribution in [0.25, 0.3) is 5.69 Å². The monoisotopic (exact) mass is 457 g/mol. The summed E-state index contributed by atoms with van der Waals surface area (Å²) in [7, 11) is 0. The number of nitrogens with one attached hydrogen (secondary N) is 1. The van der Waals surface area contributed by atoms with E-state index in [1.807, 2.05) is 59.4 Å². The van der Waals surface area contributed by atoms with Crippen LogP contribution < -0.4 is 10.1 Å². The molecule has 2 aromatic carbocycles. The number of aromatic nitrogens is 1. The van der Waals surface area contributed by atoms with Gasteiger partial charge in [-0.3, -0.25) is 4.79 Å². The van der Waals surface area contributed by atoms with Gasteiger partial charge in [0.25, 0.3) is 5.91 Å². The van der Waals surface area contributed by atoms with E-state index in [9.17, 15) is 4.79 Å². The third kappa shape index (κ3) is 5.82. The van der Waals surface area contributed by atoms with Crippen molar-refractivity contribution in [2.24, 2.45) is 0 Å². The lowest BCUT2D eigenvalue weighted by Crippen LogP contribution is -2.42. The maximum Gasteiger partial charge on any atom is 0.251 e. The van der Waals surface area contributed by atoms with Gasteiger partial charge in [-0.15, -0.1) is 0 Å². The van der Waals surface area contributed by atoms with E-state index in [-0.39, 0.29) is 12.0 Å². The molecular weight excluding hydrogens is 433 g/mol. The molecule has 31 heavy (non-hydrogen) atoms. The van der Waals surface area contributed by atoms with Crippen LogP contribution in [0.3, 0.4) is 0 Å². The van der Waals surface area contributed by atoms with Crippen molar-refractivity contribution < 1.29 is 9.53 Å². The second-order valence-corrected chi connectivity index (χ2v) is 8.44. The molecule has 7 heteroatoms. The lowest BCUT2D eigenvalue weighted by molar-refractivity contribution is 0.0905. The van der Waals surface area contributed by atoms with Crippen LogP contribution in [0.5, 0.6) is 5.75 Å². The predicted molar refractivity (Wildman–Crippen MR) is 125 cm³/mol. The van der Waals surface area contributed by atoms with Crippen molar-refractivity contribution in [1.29, 1.82) is 0 Å². The first-order valence-corrected chi connectivity index (χ1v) is 11.2. The van der Waals surface area contributed by atoms with Gasteiger partial charge in [0.05, 0.1) is 10.0 Å². The van der Waals surface area contributed by atoms with Crippen molar-refractivity contribution >= 4 is 29.1 Å². The Hall–Kier alpha value is -2.47. The molecule has 1 N–H and O–H groups in total. The fourth-order valence-corrected chi connectivity index (χ4v) is 4.00. The number of carbonyl (C=O) groups is 1. The van der Waals surface area contributed by atoms with E-state index in [4.69, 9.17) is 27.9 Å². The Labute approximate surface area is 192 Å². The van der Waals surface area contributed by atoms with Crippen LogP contribution in [0, 0.1) is 0 Å².